The van der Waals surface area contributed by atoms with Crippen LogP contribution in [0, 0.1) is 0 Å². The molecule has 304 valence electrons. The Morgan fingerprint density at radius 2 is 0.800 bits per heavy atom. The van der Waals surface area contributed by atoms with E-state index in [-0.39, 0.29) is 5.56 Å². The Morgan fingerprint density at radius 1 is 0.323 bits per heavy atom. The van der Waals surface area contributed by atoms with Gasteiger partial charge in [-0.2, -0.15) is 0 Å². The van der Waals surface area contributed by atoms with Gasteiger partial charge in [0.25, 0.3) is 5.56 Å². The fourth-order valence-electron chi connectivity index (χ4n) is 9.85. The predicted molar refractivity (Wildman–Crippen MR) is 265 cm³/mol. The van der Waals surface area contributed by atoms with Gasteiger partial charge in [0, 0.05) is 55.0 Å². The van der Waals surface area contributed by atoms with Crippen LogP contribution in [-0.2, 0) is 0 Å². The maximum Gasteiger partial charge on any atom is 0.265 e. The molecule has 0 aliphatic heterocycles. The molecule has 0 radical (unpaired) electrons. The summed E-state index contributed by atoms with van der Waals surface area (Å²) in [5.41, 5.74) is 10.2. The summed E-state index contributed by atoms with van der Waals surface area (Å²) < 4.78 is 6.51. The molecule has 0 unspecified atom stereocenters. The molecule has 0 aliphatic rings. The lowest BCUT2D eigenvalue weighted by atomic mass is 10.0. The normalized spacial score (nSPS) is 11.8. The van der Waals surface area contributed by atoms with Gasteiger partial charge in [-0.05, 0) is 66.0 Å². The molecule has 0 atom stereocenters. The lowest BCUT2D eigenvalue weighted by molar-refractivity contribution is 1.06. The summed E-state index contributed by atoms with van der Waals surface area (Å²) in [5, 5.41) is 6.73. The van der Waals surface area contributed by atoms with Crippen molar-refractivity contribution in [3.8, 4) is 51.2 Å². The molecule has 0 aliphatic carbocycles. The summed E-state index contributed by atoms with van der Waals surface area (Å²) in [4.78, 5) is 30.8. The Labute approximate surface area is 372 Å². The highest BCUT2D eigenvalue weighted by atomic mass is 16.1. The quantitative estimate of drug-likeness (QED) is 0.167. The molecule has 4 aromatic heterocycles. The van der Waals surface area contributed by atoms with Gasteiger partial charge in [-0.1, -0.05) is 158 Å². The molecule has 13 aromatic rings. The van der Waals surface area contributed by atoms with E-state index >= 15 is 4.79 Å². The largest absolute Gasteiger partial charge is 0.309 e. The standard InChI is InChI=1S/C58H36N6O/c65-58-53-45-30-16-18-32-49(45)64(50-34-33-44(41-27-13-14-28-42(41)50)57-60-55(37-19-5-1-6-20-37)59-56(61-57)38-21-7-2-8-22-38)54(53)47-35-46-43-29-15-17-31-48(43)62(39-23-9-3-10-24-39)51(46)36-52(47)63(58)40-25-11-4-12-26-40/h1-36H. The fourth-order valence-corrected chi connectivity index (χ4v) is 9.85. The first-order chi connectivity index (χ1) is 32.2. The Hall–Kier alpha value is -8.94. The van der Waals surface area contributed by atoms with Crippen LogP contribution in [0.1, 0.15) is 0 Å². The van der Waals surface area contributed by atoms with E-state index in [0.717, 1.165) is 93.7 Å². The number of benzene rings is 9. The van der Waals surface area contributed by atoms with E-state index in [1.165, 1.54) is 0 Å². The molecule has 0 saturated heterocycles. The molecule has 0 saturated carbocycles. The van der Waals surface area contributed by atoms with E-state index in [9.17, 15) is 0 Å². The Kier molecular flexibility index (Phi) is 8.23. The van der Waals surface area contributed by atoms with Crippen LogP contribution in [0.15, 0.2) is 223 Å². The molecule has 65 heavy (non-hydrogen) atoms. The maximum absolute atomic E-state index is 15.6. The third kappa shape index (κ3) is 5.69. The van der Waals surface area contributed by atoms with Crippen LogP contribution < -0.4 is 5.56 Å². The molecular formula is C58H36N6O. The summed E-state index contributed by atoms with van der Waals surface area (Å²) in [7, 11) is 0. The molecule has 0 amide bonds. The SMILES string of the molecule is O=c1c2c3ccccc3n(-c3ccc(-c4nc(-c5ccccc5)nc(-c5ccccc5)n4)c4ccccc34)c2c2cc3c4ccccc4n(-c4ccccc4)c3cc2n1-c1ccccc1. The minimum absolute atomic E-state index is 0.0802. The van der Waals surface area contributed by atoms with Crippen LogP contribution >= 0.6 is 0 Å². The van der Waals surface area contributed by atoms with Crippen LogP contribution in [0.2, 0.25) is 0 Å². The number of hydrogen-bond donors (Lipinski definition) is 0. The van der Waals surface area contributed by atoms with Crippen LogP contribution in [0.5, 0.6) is 0 Å². The van der Waals surface area contributed by atoms with Gasteiger partial charge in [0.05, 0.1) is 38.7 Å². The Balaban J connectivity index is 1.15. The lowest BCUT2D eigenvalue weighted by Gasteiger charge is -2.17. The second-order valence-corrected chi connectivity index (χ2v) is 16.3. The van der Waals surface area contributed by atoms with Gasteiger partial charge in [0.2, 0.25) is 0 Å². The van der Waals surface area contributed by atoms with Crippen molar-refractivity contribution in [1.82, 2.24) is 28.7 Å². The zero-order valence-corrected chi connectivity index (χ0v) is 34.9. The first-order valence-electron chi connectivity index (χ1n) is 21.7. The zero-order chi connectivity index (χ0) is 43.0. The summed E-state index contributed by atoms with van der Waals surface area (Å²) in [6.07, 6.45) is 0. The molecule has 0 bridgehead atoms. The van der Waals surface area contributed by atoms with Crippen molar-refractivity contribution in [2.24, 2.45) is 0 Å². The van der Waals surface area contributed by atoms with Crippen LogP contribution in [0.3, 0.4) is 0 Å². The third-order valence-corrected chi connectivity index (χ3v) is 12.7. The highest BCUT2D eigenvalue weighted by Gasteiger charge is 2.25. The minimum Gasteiger partial charge on any atom is -0.309 e. The maximum atomic E-state index is 15.6. The van der Waals surface area contributed by atoms with Gasteiger partial charge >= 0.3 is 0 Å². The fraction of sp³-hybridized carbons (Fsp3) is 0. The van der Waals surface area contributed by atoms with Crippen molar-refractivity contribution in [2.45, 2.75) is 0 Å². The number of pyridine rings is 1. The molecule has 0 N–H and O–H groups in total. The van der Waals surface area contributed by atoms with Crippen LogP contribution in [-0.4, -0.2) is 28.7 Å². The van der Waals surface area contributed by atoms with Gasteiger partial charge in [0.1, 0.15) is 0 Å². The highest BCUT2D eigenvalue weighted by molar-refractivity contribution is 6.23. The first kappa shape index (κ1) is 36.7. The lowest BCUT2D eigenvalue weighted by Crippen LogP contribution is -2.19. The Bertz CT molecular complexity index is 4010. The van der Waals surface area contributed by atoms with E-state index in [2.05, 4.69) is 124 Å². The number of aromatic nitrogens is 6. The topological polar surface area (TPSA) is 70.5 Å². The van der Waals surface area contributed by atoms with E-state index < -0.39 is 0 Å². The van der Waals surface area contributed by atoms with Gasteiger partial charge in [0.15, 0.2) is 17.5 Å². The highest BCUT2D eigenvalue weighted by Crippen LogP contribution is 2.42. The van der Waals surface area contributed by atoms with E-state index in [1.807, 2.05) is 108 Å². The van der Waals surface area contributed by atoms with Crippen LogP contribution in [0.25, 0.3) is 117 Å². The van der Waals surface area contributed by atoms with Crippen molar-refractivity contribution in [1.29, 1.82) is 0 Å². The minimum atomic E-state index is -0.0802. The van der Waals surface area contributed by atoms with Crippen molar-refractivity contribution in [2.75, 3.05) is 0 Å². The third-order valence-electron chi connectivity index (χ3n) is 12.7. The Morgan fingerprint density at radius 3 is 1.43 bits per heavy atom. The van der Waals surface area contributed by atoms with Gasteiger partial charge in [-0.25, -0.2) is 15.0 Å². The summed E-state index contributed by atoms with van der Waals surface area (Å²) in [5.74, 6) is 1.79. The van der Waals surface area contributed by atoms with Crippen molar-refractivity contribution < 1.29 is 0 Å². The second kappa shape index (κ2) is 14.6. The number of hydrogen-bond acceptors (Lipinski definition) is 4. The average molecular weight is 833 g/mol. The zero-order valence-electron chi connectivity index (χ0n) is 34.9. The molecule has 7 nitrogen and oxygen atoms in total. The van der Waals surface area contributed by atoms with E-state index in [4.69, 9.17) is 15.0 Å². The van der Waals surface area contributed by atoms with Crippen molar-refractivity contribution in [3.05, 3.63) is 229 Å². The molecule has 0 fully saturated rings. The average Bonchev–Trinajstić information content (AvgIpc) is 3.90. The number of fused-ring (bicyclic) bond motifs is 9. The number of nitrogens with zero attached hydrogens (tertiary/aromatic N) is 6. The first-order valence-corrected chi connectivity index (χ1v) is 21.7. The molecule has 9 aromatic carbocycles. The predicted octanol–water partition coefficient (Wildman–Crippen LogP) is 13.5. The molecule has 4 heterocycles. The molecule has 0 spiro atoms. The van der Waals surface area contributed by atoms with Crippen molar-refractivity contribution >= 4 is 65.3 Å². The number of rotatable bonds is 6. The van der Waals surface area contributed by atoms with Crippen molar-refractivity contribution in [3.63, 3.8) is 0 Å². The molecule has 13 rings (SSSR count). The van der Waals surface area contributed by atoms with E-state index in [1.54, 1.807) is 0 Å². The second-order valence-electron chi connectivity index (χ2n) is 16.3. The number of para-hydroxylation sites is 4. The van der Waals surface area contributed by atoms with Crippen LogP contribution in [0.4, 0.5) is 0 Å². The smallest absolute Gasteiger partial charge is 0.265 e. The summed E-state index contributed by atoms with van der Waals surface area (Å²) >= 11 is 0. The van der Waals surface area contributed by atoms with E-state index in [0.29, 0.717) is 22.9 Å². The van der Waals surface area contributed by atoms with Gasteiger partial charge < -0.3 is 9.13 Å². The monoisotopic (exact) mass is 832 g/mol. The summed E-state index contributed by atoms with van der Waals surface area (Å²) in [6, 6.07) is 74.6. The molecular weight excluding hydrogens is 797 g/mol. The summed E-state index contributed by atoms with van der Waals surface area (Å²) in [6.45, 7) is 0. The van der Waals surface area contributed by atoms with Gasteiger partial charge in [-0.3, -0.25) is 9.36 Å². The molecule has 7 heteroatoms. The van der Waals surface area contributed by atoms with Gasteiger partial charge in [-0.15, -0.1) is 0 Å².